The number of piperidine rings is 1. The molecule has 0 saturated carbocycles. The van der Waals surface area contributed by atoms with Crippen molar-refractivity contribution in [2.75, 3.05) is 13.1 Å². The molecule has 1 N–H and O–H groups in total. The molecule has 1 aliphatic heterocycles. The Labute approximate surface area is 189 Å². The Morgan fingerprint density at radius 3 is 2.52 bits per heavy atom. The van der Waals surface area contributed by atoms with Gasteiger partial charge in [-0.05, 0) is 63.1 Å². The first kappa shape index (κ1) is 21.3. The zero-order valence-corrected chi connectivity index (χ0v) is 19.1. The van der Waals surface area contributed by atoms with E-state index in [4.69, 9.17) is 4.42 Å². The zero-order chi connectivity index (χ0) is 22.0. The van der Waals surface area contributed by atoms with Crippen molar-refractivity contribution in [3.8, 4) is 11.3 Å². The molecule has 4 rings (SSSR count). The molecule has 160 valence electrons. The van der Waals surface area contributed by atoms with Gasteiger partial charge in [0.25, 0.3) is 11.8 Å². The van der Waals surface area contributed by atoms with Crippen LogP contribution in [0.15, 0.2) is 57.4 Å². The molecule has 1 fully saturated rings. The summed E-state index contributed by atoms with van der Waals surface area (Å²) in [6.07, 6.45) is 1.42. The van der Waals surface area contributed by atoms with Crippen molar-refractivity contribution in [3.63, 3.8) is 0 Å². The van der Waals surface area contributed by atoms with Gasteiger partial charge in [-0.25, -0.2) is 0 Å². The lowest BCUT2D eigenvalue weighted by molar-refractivity contribution is 0.0694. The fourth-order valence-electron chi connectivity index (χ4n) is 3.81. The fraction of sp³-hybridized carbons (Fsp3) is 0.292. The van der Waals surface area contributed by atoms with Crippen LogP contribution in [0.5, 0.6) is 0 Å². The third-order valence-electron chi connectivity index (χ3n) is 5.52. The van der Waals surface area contributed by atoms with Crippen LogP contribution >= 0.6 is 15.9 Å². The number of furan rings is 1. The zero-order valence-electron chi connectivity index (χ0n) is 17.5. The predicted molar refractivity (Wildman–Crippen MR) is 122 cm³/mol. The van der Waals surface area contributed by atoms with Crippen LogP contribution < -0.4 is 5.32 Å². The number of amides is 2. The molecule has 3 heterocycles. The monoisotopic (exact) mass is 481 g/mol. The fourth-order valence-corrected chi connectivity index (χ4v) is 4.21. The minimum Gasteiger partial charge on any atom is -0.456 e. The average molecular weight is 482 g/mol. The molecule has 1 saturated heterocycles. The second-order valence-corrected chi connectivity index (χ2v) is 8.71. The maximum Gasteiger partial charge on any atom is 0.287 e. The highest BCUT2D eigenvalue weighted by Gasteiger charge is 2.26. The number of likely N-dealkylation sites (tertiary alicyclic amines) is 1. The number of carbonyl (C=O) groups is 2. The summed E-state index contributed by atoms with van der Waals surface area (Å²) in [5, 5.41) is 3.00. The van der Waals surface area contributed by atoms with Crippen molar-refractivity contribution in [3.05, 3.63) is 75.8 Å². The number of halogens is 1. The van der Waals surface area contributed by atoms with Crippen molar-refractivity contribution in [2.24, 2.45) is 0 Å². The van der Waals surface area contributed by atoms with E-state index < -0.39 is 0 Å². The van der Waals surface area contributed by atoms with Crippen LogP contribution in [0.1, 0.15) is 45.2 Å². The largest absolute Gasteiger partial charge is 0.456 e. The van der Waals surface area contributed by atoms with Crippen molar-refractivity contribution in [1.82, 2.24) is 15.2 Å². The van der Waals surface area contributed by atoms with E-state index in [-0.39, 0.29) is 17.9 Å². The molecule has 2 aromatic heterocycles. The summed E-state index contributed by atoms with van der Waals surface area (Å²) in [5.74, 6) is 0.807. The molecule has 0 atom stereocenters. The molecule has 0 aliphatic carbocycles. The molecule has 31 heavy (non-hydrogen) atoms. The molecule has 0 radical (unpaired) electrons. The Balaban J connectivity index is 1.38. The van der Waals surface area contributed by atoms with Crippen molar-refractivity contribution in [1.29, 1.82) is 0 Å². The summed E-state index contributed by atoms with van der Waals surface area (Å²) >= 11 is 3.48. The van der Waals surface area contributed by atoms with E-state index in [1.165, 1.54) is 0 Å². The first-order chi connectivity index (χ1) is 14.9. The van der Waals surface area contributed by atoms with Crippen LogP contribution in [-0.2, 0) is 0 Å². The first-order valence-electron chi connectivity index (χ1n) is 10.3. The maximum atomic E-state index is 13.1. The number of hydrogen-bond donors (Lipinski definition) is 1. The van der Waals surface area contributed by atoms with Crippen LogP contribution in [0.3, 0.4) is 0 Å². The van der Waals surface area contributed by atoms with E-state index in [1.807, 2.05) is 55.1 Å². The number of benzene rings is 1. The highest BCUT2D eigenvalue weighted by atomic mass is 79.9. The number of carbonyl (C=O) groups excluding carboxylic acids is 2. The van der Waals surface area contributed by atoms with Gasteiger partial charge in [0.15, 0.2) is 5.76 Å². The van der Waals surface area contributed by atoms with Gasteiger partial charge >= 0.3 is 0 Å². The Hall–Kier alpha value is -2.93. The van der Waals surface area contributed by atoms with Gasteiger partial charge in [0.1, 0.15) is 5.76 Å². The van der Waals surface area contributed by atoms with E-state index in [9.17, 15) is 9.59 Å². The van der Waals surface area contributed by atoms with Crippen LogP contribution in [0.4, 0.5) is 0 Å². The average Bonchev–Trinajstić information content (AvgIpc) is 3.20. The quantitative estimate of drug-likeness (QED) is 0.582. The minimum absolute atomic E-state index is 0.0165. The van der Waals surface area contributed by atoms with Crippen LogP contribution in [0, 0.1) is 13.8 Å². The molecule has 3 aromatic rings. The smallest absolute Gasteiger partial charge is 0.287 e. The summed E-state index contributed by atoms with van der Waals surface area (Å²) in [6, 6.07) is 15.2. The van der Waals surface area contributed by atoms with Gasteiger partial charge in [-0.2, -0.15) is 0 Å². The van der Waals surface area contributed by atoms with Crippen molar-refractivity contribution >= 4 is 27.7 Å². The van der Waals surface area contributed by atoms with Crippen molar-refractivity contribution < 1.29 is 14.0 Å². The SMILES string of the molecule is Cc1ccc(C(=O)NC2CCN(C(=O)c3ccc(-c4cccc(Br)c4)nc3C)CC2)o1. The van der Waals surface area contributed by atoms with Crippen LogP contribution in [0.2, 0.25) is 0 Å². The summed E-state index contributed by atoms with van der Waals surface area (Å²) in [5.41, 5.74) is 3.17. The lowest BCUT2D eigenvalue weighted by Crippen LogP contribution is -2.46. The number of rotatable bonds is 4. The van der Waals surface area contributed by atoms with Crippen LogP contribution in [-0.4, -0.2) is 40.8 Å². The Kier molecular flexibility index (Phi) is 6.23. The lowest BCUT2D eigenvalue weighted by Gasteiger charge is -2.32. The van der Waals surface area contributed by atoms with E-state index in [0.717, 1.165) is 15.7 Å². The number of aryl methyl sites for hydroxylation is 2. The van der Waals surface area contributed by atoms with Crippen molar-refractivity contribution in [2.45, 2.75) is 32.7 Å². The summed E-state index contributed by atoms with van der Waals surface area (Å²) in [7, 11) is 0. The molecule has 1 aromatic carbocycles. The van der Waals surface area contributed by atoms with Gasteiger partial charge < -0.3 is 14.6 Å². The molecule has 6 nitrogen and oxygen atoms in total. The standard InChI is InChI=1S/C24H24BrN3O3/c1-15-6-9-22(31-15)23(29)27-19-10-12-28(13-11-19)24(30)20-7-8-21(26-16(20)2)17-4-3-5-18(25)14-17/h3-9,14,19H,10-13H2,1-2H3,(H,27,29). The first-order valence-corrected chi connectivity index (χ1v) is 11.1. The molecule has 7 heteroatoms. The normalized spacial score (nSPS) is 14.5. The van der Waals surface area contributed by atoms with Crippen LogP contribution in [0.25, 0.3) is 11.3 Å². The Morgan fingerprint density at radius 1 is 1.10 bits per heavy atom. The summed E-state index contributed by atoms with van der Waals surface area (Å²) in [4.78, 5) is 31.8. The highest BCUT2D eigenvalue weighted by molar-refractivity contribution is 9.10. The maximum absolute atomic E-state index is 13.1. The molecule has 0 bridgehead atoms. The molecular formula is C24H24BrN3O3. The summed E-state index contributed by atoms with van der Waals surface area (Å²) in [6.45, 7) is 4.86. The number of pyridine rings is 1. The number of nitrogens with one attached hydrogen (secondary N) is 1. The highest BCUT2D eigenvalue weighted by Crippen LogP contribution is 2.24. The summed E-state index contributed by atoms with van der Waals surface area (Å²) < 4.78 is 6.37. The van der Waals surface area contributed by atoms with Gasteiger partial charge in [0, 0.05) is 29.2 Å². The van der Waals surface area contributed by atoms with Gasteiger partial charge in [-0.1, -0.05) is 28.1 Å². The van der Waals surface area contributed by atoms with Gasteiger partial charge in [-0.3, -0.25) is 14.6 Å². The second kappa shape index (κ2) is 9.06. The van der Waals surface area contributed by atoms with E-state index in [0.29, 0.717) is 48.7 Å². The van der Waals surface area contributed by atoms with Gasteiger partial charge in [0.05, 0.1) is 17.0 Å². The second-order valence-electron chi connectivity index (χ2n) is 7.79. The number of nitrogens with zero attached hydrogens (tertiary/aromatic N) is 2. The predicted octanol–water partition coefficient (Wildman–Crippen LogP) is 4.76. The molecule has 0 spiro atoms. The minimum atomic E-state index is -0.207. The van der Waals surface area contributed by atoms with E-state index in [1.54, 1.807) is 12.1 Å². The van der Waals surface area contributed by atoms with E-state index >= 15 is 0 Å². The van der Waals surface area contributed by atoms with Gasteiger partial charge in [0.2, 0.25) is 0 Å². The molecule has 0 unspecified atom stereocenters. The molecular weight excluding hydrogens is 458 g/mol. The Morgan fingerprint density at radius 2 is 1.87 bits per heavy atom. The van der Waals surface area contributed by atoms with Gasteiger partial charge in [-0.15, -0.1) is 0 Å². The third-order valence-corrected chi connectivity index (χ3v) is 6.01. The number of aromatic nitrogens is 1. The Bertz CT molecular complexity index is 1120. The molecule has 1 aliphatic rings. The van der Waals surface area contributed by atoms with E-state index in [2.05, 4.69) is 26.2 Å². The molecule has 2 amide bonds. The third kappa shape index (κ3) is 4.88. The topological polar surface area (TPSA) is 75.4 Å². The lowest BCUT2D eigenvalue weighted by atomic mass is 10.0. The number of hydrogen-bond acceptors (Lipinski definition) is 4.